The average Bonchev–Trinajstić information content (AvgIpc) is 2.98. The quantitative estimate of drug-likeness (QED) is 0.199. The van der Waals surface area contributed by atoms with E-state index in [1.54, 1.807) is 60.7 Å². The summed E-state index contributed by atoms with van der Waals surface area (Å²) in [5.74, 6) is -0.392. The van der Waals surface area contributed by atoms with Crippen molar-refractivity contribution in [2.45, 2.75) is 37.5 Å². The molecule has 2 N–H and O–H groups in total. The molecule has 0 amide bonds. The summed E-state index contributed by atoms with van der Waals surface area (Å²) in [6.45, 7) is 5.83. The number of carboxylic acid groups (broad SMARTS) is 1. The molecule has 3 aromatic carbocycles. The fraction of sp³-hybridized carbons (Fsp3) is 0.258. The average molecular weight is 608 g/mol. The number of aliphatic carboxylic acids is 1. The van der Waals surface area contributed by atoms with Gasteiger partial charge >= 0.3 is 5.97 Å². The molecule has 1 aromatic heterocycles. The predicted octanol–water partition coefficient (Wildman–Crippen LogP) is 5.90. The van der Waals surface area contributed by atoms with Crippen LogP contribution in [0.3, 0.4) is 0 Å². The van der Waals surface area contributed by atoms with Crippen LogP contribution in [0.25, 0.3) is 11.4 Å². The topological polar surface area (TPSA) is 146 Å². The van der Waals surface area contributed by atoms with Crippen molar-refractivity contribution in [1.29, 1.82) is 0 Å². The lowest BCUT2D eigenvalue weighted by atomic mass is 9.87. The summed E-state index contributed by atoms with van der Waals surface area (Å²) in [6.07, 6.45) is -0.336. The highest BCUT2D eigenvalue weighted by Gasteiger charge is 2.26. The first kappa shape index (κ1) is 31.1. The van der Waals surface area contributed by atoms with Gasteiger partial charge in [0.2, 0.25) is 5.75 Å². The Labute approximate surface area is 250 Å². The molecule has 0 bridgehead atoms. The van der Waals surface area contributed by atoms with Crippen LogP contribution in [0.5, 0.6) is 28.9 Å². The standard InChI is InChI=1S/C31H33N3O8S/c1-31(2,3)21-12-16-23(17-13-21)43(37,38)34-29-27(42-25-9-7-6-8-24(25)40-5)30(41-19-18-26(35)36)33-28(32-29)20-10-14-22(39-4)15-11-20/h6-17H,18-19H2,1-5H3,(H,35,36)(H,32,33,34). The number of hydrogen-bond donors (Lipinski definition) is 2. The summed E-state index contributed by atoms with van der Waals surface area (Å²) < 4.78 is 52.3. The lowest BCUT2D eigenvalue weighted by Crippen LogP contribution is -2.17. The monoisotopic (exact) mass is 607 g/mol. The van der Waals surface area contributed by atoms with Crippen molar-refractivity contribution in [3.05, 3.63) is 78.4 Å². The Balaban J connectivity index is 1.87. The van der Waals surface area contributed by atoms with Gasteiger partial charge in [0.1, 0.15) is 12.4 Å². The van der Waals surface area contributed by atoms with Crippen LogP contribution in [0.15, 0.2) is 77.7 Å². The molecule has 43 heavy (non-hydrogen) atoms. The molecular formula is C31H33N3O8S. The highest BCUT2D eigenvalue weighted by molar-refractivity contribution is 7.92. The lowest BCUT2D eigenvalue weighted by Gasteiger charge is -2.20. The number of nitrogens with zero attached hydrogens (tertiary/aromatic N) is 2. The molecule has 226 valence electrons. The number of ether oxygens (including phenoxy) is 4. The highest BCUT2D eigenvalue weighted by Crippen LogP contribution is 2.42. The van der Waals surface area contributed by atoms with Gasteiger partial charge in [-0.25, -0.2) is 13.4 Å². The minimum Gasteiger partial charge on any atom is -0.497 e. The van der Waals surface area contributed by atoms with Gasteiger partial charge in [-0.3, -0.25) is 9.52 Å². The lowest BCUT2D eigenvalue weighted by molar-refractivity contribution is -0.137. The molecule has 0 fully saturated rings. The molecule has 1 heterocycles. The Bertz CT molecular complexity index is 1680. The Hall–Kier alpha value is -4.84. The van der Waals surface area contributed by atoms with Crippen molar-refractivity contribution in [2.24, 2.45) is 0 Å². The van der Waals surface area contributed by atoms with Crippen LogP contribution in [0, 0.1) is 0 Å². The van der Waals surface area contributed by atoms with Crippen molar-refractivity contribution in [2.75, 3.05) is 25.5 Å². The molecule has 0 atom stereocenters. The van der Waals surface area contributed by atoms with Crippen LogP contribution < -0.4 is 23.7 Å². The van der Waals surface area contributed by atoms with E-state index in [-0.39, 0.29) is 52.4 Å². The first-order valence-electron chi connectivity index (χ1n) is 13.3. The van der Waals surface area contributed by atoms with Gasteiger partial charge in [-0.1, -0.05) is 45.0 Å². The Morgan fingerprint density at radius 1 is 0.884 bits per heavy atom. The highest BCUT2D eigenvalue weighted by atomic mass is 32.2. The minimum absolute atomic E-state index is 0.00157. The number of aromatic nitrogens is 2. The first-order chi connectivity index (χ1) is 20.4. The number of para-hydroxylation sites is 2. The van der Waals surface area contributed by atoms with Crippen LogP contribution in [0.2, 0.25) is 0 Å². The van der Waals surface area contributed by atoms with E-state index in [2.05, 4.69) is 14.7 Å². The maximum atomic E-state index is 13.6. The van der Waals surface area contributed by atoms with E-state index < -0.39 is 16.0 Å². The number of nitrogens with one attached hydrogen (secondary N) is 1. The molecule has 0 saturated heterocycles. The van der Waals surface area contributed by atoms with E-state index in [1.807, 2.05) is 20.8 Å². The van der Waals surface area contributed by atoms with E-state index in [9.17, 15) is 18.3 Å². The van der Waals surface area contributed by atoms with Gasteiger partial charge in [0, 0.05) is 5.56 Å². The second kappa shape index (κ2) is 13.0. The number of rotatable bonds is 12. The van der Waals surface area contributed by atoms with Gasteiger partial charge in [-0.05, 0) is 59.5 Å². The molecule has 0 aliphatic carbocycles. The molecule has 4 rings (SSSR count). The van der Waals surface area contributed by atoms with Crippen LogP contribution in [0.1, 0.15) is 32.8 Å². The number of benzene rings is 3. The maximum absolute atomic E-state index is 13.6. The molecule has 0 spiro atoms. The number of anilines is 1. The van der Waals surface area contributed by atoms with Gasteiger partial charge < -0.3 is 24.1 Å². The van der Waals surface area contributed by atoms with E-state index in [1.165, 1.54) is 26.4 Å². The summed E-state index contributed by atoms with van der Waals surface area (Å²) in [6, 6.07) is 20.0. The van der Waals surface area contributed by atoms with E-state index in [0.717, 1.165) is 5.56 Å². The summed E-state index contributed by atoms with van der Waals surface area (Å²) in [5, 5.41) is 9.19. The third-order valence-electron chi connectivity index (χ3n) is 6.28. The summed E-state index contributed by atoms with van der Waals surface area (Å²) in [7, 11) is -1.20. The van der Waals surface area contributed by atoms with E-state index in [4.69, 9.17) is 18.9 Å². The van der Waals surface area contributed by atoms with E-state index >= 15 is 0 Å². The third-order valence-corrected chi connectivity index (χ3v) is 7.64. The van der Waals surface area contributed by atoms with Crippen LogP contribution in [-0.2, 0) is 20.2 Å². The number of methoxy groups -OCH3 is 2. The molecular weight excluding hydrogens is 574 g/mol. The smallest absolute Gasteiger partial charge is 0.306 e. The number of carboxylic acids is 1. The Kier molecular flexibility index (Phi) is 9.40. The molecule has 0 saturated carbocycles. The maximum Gasteiger partial charge on any atom is 0.306 e. The summed E-state index contributed by atoms with van der Waals surface area (Å²) in [5.41, 5.74) is 1.31. The second-order valence-corrected chi connectivity index (χ2v) is 12.1. The summed E-state index contributed by atoms with van der Waals surface area (Å²) >= 11 is 0. The number of carbonyl (C=O) groups is 1. The van der Waals surface area contributed by atoms with Crippen molar-refractivity contribution < 1.29 is 37.3 Å². The van der Waals surface area contributed by atoms with Crippen LogP contribution >= 0.6 is 0 Å². The molecule has 11 nitrogen and oxygen atoms in total. The molecule has 4 aromatic rings. The number of sulfonamides is 1. The fourth-order valence-corrected chi connectivity index (χ4v) is 4.93. The van der Waals surface area contributed by atoms with Crippen molar-refractivity contribution in [3.8, 4) is 40.3 Å². The molecule has 12 heteroatoms. The van der Waals surface area contributed by atoms with Crippen molar-refractivity contribution >= 4 is 21.8 Å². The largest absolute Gasteiger partial charge is 0.497 e. The van der Waals surface area contributed by atoms with Crippen molar-refractivity contribution in [1.82, 2.24) is 9.97 Å². The van der Waals surface area contributed by atoms with Gasteiger partial charge in [0.05, 0.1) is 25.5 Å². The Morgan fingerprint density at radius 2 is 1.53 bits per heavy atom. The molecule has 0 radical (unpaired) electrons. The van der Waals surface area contributed by atoms with Gasteiger partial charge in [0.15, 0.2) is 23.1 Å². The zero-order valence-electron chi connectivity index (χ0n) is 24.5. The van der Waals surface area contributed by atoms with E-state index in [0.29, 0.717) is 17.1 Å². The Morgan fingerprint density at radius 3 is 2.12 bits per heavy atom. The number of hydrogen-bond acceptors (Lipinski definition) is 9. The minimum atomic E-state index is -4.19. The molecule has 0 aliphatic heterocycles. The van der Waals surface area contributed by atoms with Gasteiger partial charge in [-0.2, -0.15) is 4.98 Å². The summed E-state index contributed by atoms with van der Waals surface area (Å²) in [4.78, 5) is 20.2. The first-order valence-corrected chi connectivity index (χ1v) is 14.7. The zero-order valence-corrected chi connectivity index (χ0v) is 25.3. The van der Waals surface area contributed by atoms with Gasteiger partial charge in [0.25, 0.3) is 15.9 Å². The van der Waals surface area contributed by atoms with Crippen LogP contribution in [0.4, 0.5) is 5.82 Å². The van der Waals surface area contributed by atoms with Crippen LogP contribution in [-0.4, -0.2) is 50.3 Å². The second-order valence-electron chi connectivity index (χ2n) is 10.4. The molecule has 0 aliphatic rings. The fourth-order valence-electron chi connectivity index (χ4n) is 3.93. The molecule has 0 unspecified atom stereocenters. The predicted molar refractivity (Wildman–Crippen MR) is 161 cm³/mol. The SMILES string of the molecule is COc1ccc(-c2nc(NS(=O)(=O)c3ccc(C(C)(C)C)cc3)c(Oc3ccccc3OC)c(OCCC(=O)O)n2)cc1. The third kappa shape index (κ3) is 7.72. The normalized spacial score (nSPS) is 11.5. The zero-order chi connectivity index (χ0) is 31.2. The van der Waals surface area contributed by atoms with Crippen molar-refractivity contribution in [3.63, 3.8) is 0 Å². The van der Waals surface area contributed by atoms with Gasteiger partial charge in [-0.15, -0.1) is 0 Å².